The number of likely N-dealkylation sites (tertiary alicyclic amines) is 2. The zero-order chi connectivity index (χ0) is 22.9. The van der Waals surface area contributed by atoms with Crippen LogP contribution in [0.2, 0.25) is 0 Å². The Kier molecular flexibility index (Phi) is 5.96. The van der Waals surface area contributed by atoms with Gasteiger partial charge < -0.3 is 20.2 Å². The predicted molar refractivity (Wildman–Crippen MR) is 125 cm³/mol. The first-order valence-electron chi connectivity index (χ1n) is 12.1. The number of fused-ring (bicyclic) bond motifs is 1. The molecule has 2 aromatic rings. The van der Waals surface area contributed by atoms with E-state index in [-0.39, 0.29) is 35.0 Å². The quantitative estimate of drug-likeness (QED) is 0.735. The Balaban J connectivity index is 1.28. The zero-order valence-electron chi connectivity index (χ0n) is 18.8. The van der Waals surface area contributed by atoms with Gasteiger partial charge in [-0.25, -0.2) is 0 Å². The first kappa shape index (κ1) is 21.7. The number of rotatable bonds is 5. The topological polar surface area (TPSA) is 90.0 Å². The van der Waals surface area contributed by atoms with Gasteiger partial charge in [0.25, 0.3) is 5.91 Å². The molecule has 3 aliphatic rings. The summed E-state index contributed by atoms with van der Waals surface area (Å²) in [6.45, 7) is 2.25. The van der Waals surface area contributed by atoms with Crippen LogP contribution >= 0.6 is 0 Å². The van der Waals surface area contributed by atoms with E-state index >= 15 is 0 Å². The van der Waals surface area contributed by atoms with Gasteiger partial charge in [-0.1, -0.05) is 30.3 Å². The average Bonchev–Trinajstić information content (AvgIpc) is 3.55. The Morgan fingerprint density at radius 3 is 2.58 bits per heavy atom. The number of carbonyl (C=O) groups is 3. The highest BCUT2D eigenvalue weighted by atomic mass is 16.3. The van der Waals surface area contributed by atoms with Crippen LogP contribution < -0.4 is 5.32 Å². The van der Waals surface area contributed by atoms with E-state index in [4.69, 9.17) is 0 Å². The van der Waals surface area contributed by atoms with Crippen molar-refractivity contribution in [2.75, 3.05) is 26.2 Å². The Hall–Kier alpha value is -3.09. The summed E-state index contributed by atoms with van der Waals surface area (Å²) in [5.74, 6) is 0.0449. The van der Waals surface area contributed by atoms with Crippen LogP contribution in [0.25, 0.3) is 10.8 Å². The zero-order valence-corrected chi connectivity index (χ0v) is 18.8. The van der Waals surface area contributed by atoms with Crippen LogP contribution in [0, 0.1) is 11.8 Å². The normalized spacial score (nSPS) is 23.0. The van der Waals surface area contributed by atoms with Crippen LogP contribution in [0.5, 0.6) is 5.75 Å². The maximum atomic E-state index is 13.4. The number of hydrogen-bond acceptors (Lipinski definition) is 4. The van der Waals surface area contributed by atoms with Gasteiger partial charge in [0.2, 0.25) is 11.8 Å². The van der Waals surface area contributed by atoms with Gasteiger partial charge in [-0.15, -0.1) is 0 Å². The lowest BCUT2D eigenvalue weighted by Crippen LogP contribution is -2.52. The molecule has 2 aliphatic heterocycles. The molecular formula is C26H31N3O4. The van der Waals surface area contributed by atoms with Gasteiger partial charge in [0.15, 0.2) is 0 Å². The van der Waals surface area contributed by atoms with E-state index < -0.39 is 6.04 Å². The van der Waals surface area contributed by atoms with Crippen molar-refractivity contribution >= 4 is 28.5 Å². The lowest BCUT2D eigenvalue weighted by atomic mass is 9.96. The third-order valence-corrected chi connectivity index (χ3v) is 7.30. The fraction of sp³-hybridized carbons (Fsp3) is 0.500. The predicted octanol–water partition coefficient (Wildman–Crippen LogP) is 2.91. The van der Waals surface area contributed by atoms with Crippen LogP contribution in [0.1, 0.15) is 48.9 Å². The van der Waals surface area contributed by atoms with Crippen LogP contribution in [-0.2, 0) is 9.59 Å². The lowest BCUT2D eigenvalue weighted by Gasteiger charge is -2.35. The van der Waals surface area contributed by atoms with Gasteiger partial charge in [0, 0.05) is 31.6 Å². The molecule has 7 nitrogen and oxygen atoms in total. The van der Waals surface area contributed by atoms with Crippen LogP contribution in [0.3, 0.4) is 0 Å². The summed E-state index contributed by atoms with van der Waals surface area (Å²) in [6, 6.07) is 10.3. The number of hydrogen-bond donors (Lipinski definition) is 2. The van der Waals surface area contributed by atoms with Crippen LogP contribution in [-0.4, -0.2) is 64.8 Å². The number of phenols is 1. The van der Waals surface area contributed by atoms with Crippen molar-refractivity contribution < 1.29 is 19.5 Å². The number of aromatic hydroxyl groups is 1. The number of nitrogens with zero attached hydrogens (tertiary/aromatic N) is 2. The third kappa shape index (κ3) is 4.41. The highest BCUT2D eigenvalue weighted by Crippen LogP contribution is 2.32. The smallest absolute Gasteiger partial charge is 0.258 e. The molecule has 2 aromatic carbocycles. The van der Waals surface area contributed by atoms with Crippen LogP contribution in [0.15, 0.2) is 36.4 Å². The van der Waals surface area contributed by atoms with Crippen molar-refractivity contribution in [3.8, 4) is 5.75 Å². The summed E-state index contributed by atoms with van der Waals surface area (Å²) in [4.78, 5) is 42.7. The molecule has 1 saturated carbocycles. The van der Waals surface area contributed by atoms with E-state index in [1.54, 1.807) is 21.9 Å². The van der Waals surface area contributed by atoms with Crippen molar-refractivity contribution in [2.45, 2.75) is 44.6 Å². The number of phenolic OH excluding ortho intramolecular Hbond substituents is 1. The second kappa shape index (κ2) is 9.04. The van der Waals surface area contributed by atoms with E-state index in [9.17, 15) is 19.5 Å². The van der Waals surface area contributed by atoms with Crippen molar-refractivity contribution in [1.82, 2.24) is 15.1 Å². The minimum absolute atomic E-state index is 0.0402. The molecule has 0 spiro atoms. The SMILES string of the molecule is O=C(NCC1CC1)C1CCCN(C(=O)C2CCCN2C(=O)c2ccc3ccccc3c2O)C1. The molecule has 2 N–H and O–H groups in total. The first-order valence-corrected chi connectivity index (χ1v) is 12.1. The maximum Gasteiger partial charge on any atom is 0.258 e. The summed E-state index contributed by atoms with van der Waals surface area (Å²) in [6.07, 6.45) is 5.31. The maximum absolute atomic E-state index is 13.4. The molecule has 0 bridgehead atoms. The molecule has 2 atom stereocenters. The molecule has 174 valence electrons. The molecule has 5 rings (SSSR count). The van der Waals surface area contributed by atoms with Crippen molar-refractivity contribution in [3.05, 3.63) is 42.0 Å². The lowest BCUT2D eigenvalue weighted by molar-refractivity contribution is -0.139. The second-order valence-corrected chi connectivity index (χ2v) is 9.65. The fourth-order valence-electron chi connectivity index (χ4n) is 5.16. The summed E-state index contributed by atoms with van der Waals surface area (Å²) in [7, 11) is 0. The number of carbonyl (C=O) groups excluding carboxylic acids is 3. The third-order valence-electron chi connectivity index (χ3n) is 7.30. The summed E-state index contributed by atoms with van der Waals surface area (Å²) in [5, 5.41) is 15.3. The molecule has 3 fully saturated rings. The molecule has 3 amide bonds. The molecule has 0 aromatic heterocycles. The van der Waals surface area contributed by atoms with E-state index in [0.717, 1.165) is 31.2 Å². The summed E-state index contributed by atoms with van der Waals surface area (Å²) < 4.78 is 0. The van der Waals surface area contributed by atoms with E-state index in [1.807, 2.05) is 24.3 Å². The summed E-state index contributed by atoms with van der Waals surface area (Å²) in [5.41, 5.74) is 0.226. The Morgan fingerprint density at radius 1 is 0.970 bits per heavy atom. The standard InChI is InChI=1S/C26H31N3O4/c30-23-20-7-2-1-5-18(20)11-12-21(23)25(32)29-14-4-8-22(29)26(33)28-13-3-6-19(16-28)24(31)27-15-17-9-10-17/h1-2,5,7,11-12,17,19,22,30H,3-4,6,8-10,13-16H2,(H,27,31). The average molecular weight is 450 g/mol. The fourth-order valence-corrected chi connectivity index (χ4v) is 5.16. The number of benzene rings is 2. The molecule has 2 saturated heterocycles. The van der Waals surface area contributed by atoms with Crippen molar-refractivity contribution in [3.63, 3.8) is 0 Å². The molecule has 7 heteroatoms. The van der Waals surface area contributed by atoms with E-state index in [1.165, 1.54) is 12.8 Å². The van der Waals surface area contributed by atoms with Gasteiger partial charge in [0.05, 0.1) is 11.5 Å². The number of nitrogens with one attached hydrogen (secondary N) is 1. The van der Waals surface area contributed by atoms with Gasteiger partial charge in [-0.3, -0.25) is 14.4 Å². The van der Waals surface area contributed by atoms with Crippen molar-refractivity contribution in [2.24, 2.45) is 11.8 Å². The largest absolute Gasteiger partial charge is 0.506 e. The second-order valence-electron chi connectivity index (χ2n) is 9.65. The Morgan fingerprint density at radius 2 is 1.76 bits per heavy atom. The van der Waals surface area contributed by atoms with Crippen molar-refractivity contribution in [1.29, 1.82) is 0 Å². The van der Waals surface area contributed by atoms with Gasteiger partial charge in [-0.2, -0.15) is 0 Å². The summed E-state index contributed by atoms with van der Waals surface area (Å²) >= 11 is 0. The Labute approximate surface area is 193 Å². The molecule has 0 radical (unpaired) electrons. The van der Waals surface area contributed by atoms with Gasteiger partial charge in [-0.05, 0) is 55.9 Å². The molecular weight excluding hydrogens is 418 g/mol. The monoisotopic (exact) mass is 449 g/mol. The molecule has 1 aliphatic carbocycles. The molecule has 2 unspecified atom stereocenters. The van der Waals surface area contributed by atoms with E-state index in [2.05, 4.69) is 5.32 Å². The highest BCUT2D eigenvalue weighted by Gasteiger charge is 2.39. The number of amides is 3. The molecule has 33 heavy (non-hydrogen) atoms. The Bertz CT molecular complexity index is 1080. The van der Waals surface area contributed by atoms with Crippen LogP contribution in [0.4, 0.5) is 0 Å². The van der Waals surface area contributed by atoms with Gasteiger partial charge in [0.1, 0.15) is 11.8 Å². The first-order chi connectivity index (χ1) is 16.0. The minimum atomic E-state index is -0.545. The molecule has 2 heterocycles. The van der Waals surface area contributed by atoms with Gasteiger partial charge >= 0.3 is 0 Å². The van der Waals surface area contributed by atoms with E-state index in [0.29, 0.717) is 37.4 Å². The number of piperidine rings is 1. The highest BCUT2D eigenvalue weighted by molar-refractivity contribution is 6.05. The minimum Gasteiger partial charge on any atom is -0.506 e.